The SMILES string of the molecule is S=S1CC=CC=C1c1ccccc1. The molecule has 0 bridgehead atoms. The summed E-state index contributed by atoms with van der Waals surface area (Å²) in [6.45, 7) is 0. The number of benzene rings is 1. The molecule has 0 aliphatic carbocycles. The Morgan fingerprint density at radius 2 is 1.92 bits per heavy atom. The Labute approximate surface area is 85.6 Å². The maximum absolute atomic E-state index is 5.40. The lowest BCUT2D eigenvalue weighted by Crippen LogP contribution is -1.99. The van der Waals surface area contributed by atoms with Crippen molar-refractivity contribution in [3.63, 3.8) is 0 Å². The average molecular weight is 206 g/mol. The van der Waals surface area contributed by atoms with Crippen molar-refractivity contribution < 1.29 is 0 Å². The molecule has 1 aromatic carbocycles. The quantitative estimate of drug-likeness (QED) is 0.681. The van der Waals surface area contributed by atoms with Crippen LogP contribution >= 0.6 is 0 Å². The van der Waals surface area contributed by atoms with Gasteiger partial charge < -0.3 is 0 Å². The van der Waals surface area contributed by atoms with Crippen molar-refractivity contribution in [2.75, 3.05) is 5.75 Å². The Morgan fingerprint density at radius 1 is 1.15 bits per heavy atom. The number of hydrogen-bond acceptors (Lipinski definition) is 1. The molecule has 2 rings (SSSR count). The summed E-state index contributed by atoms with van der Waals surface area (Å²) in [6, 6.07) is 10.4. The minimum absolute atomic E-state index is 0.0213. The van der Waals surface area contributed by atoms with Crippen LogP contribution in [0.3, 0.4) is 0 Å². The molecule has 1 atom stereocenters. The standard InChI is InChI=1S/C11H10S2/c12-13-9-5-4-8-11(13)10-6-2-1-3-7-10/h1-8H,9H2. The highest BCUT2D eigenvalue weighted by Crippen LogP contribution is 2.21. The lowest BCUT2D eigenvalue weighted by Gasteiger charge is -2.11. The van der Waals surface area contributed by atoms with Gasteiger partial charge in [0, 0.05) is 10.7 Å². The third kappa shape index (κ3) is 1.95. The van der Waals surface area contributed by atoms with Crippen molar-refractivity contribution in [1.82, 2.24) is 0 Å². The van der Waals surface area contributed by atoms with E-state index in [9.17, 15) is 0 Å². The summed E-state index contributed by atoms with van der Waals surface area (Å²) in [5.74, 6) is 1.01. The Kier molecular flexibility index (Phi) is 2.71. The molecule has 0 aromatic heterocycles. The van der Waals surface area contributed by atoms with Crippen LogP contribution in [0.5, 0.6) is 0 Å². The fourth-order valence-electron chi connectivity index (χ4n) is 1.29. The molecule has 0 nitrogen and oxygen atoms in total. The zero-order valence-electron chi connectivity index (χ0n) is 7.14. The highest BCUT2D eigenvalue weighted by molar-refractivity contribution is 8.34. The molecule has 0 saturated carbocycles. The molecule has 1 heterocycles. The maximum atomic E-state index is 5.40. The molecule has 0 saturated heterocycles. The molecule has 0 fully saturated rings. The van der Waals surface area contributed by atoms with Crippen molar-refractivity contribution in [2.24, 2.45) is 0 Å². The maximum Gasteiger partial charge on any atom is 0.0208 e. The average Bonchev–Trinajstić information content (AvgIpc) is 2.20. The third-order valence-electron chi connectivity index (χ3n) is 1.93. The van der Waals surface area contributed by atoms with E-state index in [0.29, 0.717) is 0 Å². The first kappa shape index (κ1) is 8.85. The molecule has 0 spiro atoms. The monoisotopic (exact) mass is 206 g/mol. The predicted octanol–water partition coefficient (Wildman–Crippen LogP) is 2.68. The molecule has 1 aliphatic rings. The Balaban J connectivity index is 2.41. The van der Waals surface area contributed by atoms with Gasteiger partial charge in [0.15, 0.2) is 0 Å². The van der Waals surface area contributed by atoms with Gasteiger partial charge in [0.1, 0.15) is 0 Å². The summed E-state index contributed by atoms with van der Waals surface area (Å²) >= 11 is 5.40. The molecule has 13 heavy (non-hydrogen) atoms. The summed E-state index contributed by atoms with van der Waals surface area (Å²) in [5, 5.41) is 0. The second-order valence-electron chi connectivity index (χ2n) is 2.84. The van der Waals surface area contributed by atoms with Crippen LogP contribution < -0.4 is 0 Å². The van der Waals surface area contributed by atoms with Gasteiger partial charge in [0.25, 0.3) is 0 Å². The van der Waals surface area contributed by atoms with E-state index in [-0.39, 0.29) is 9.45 Å². The van der Waals surface area contributed by atoms with Gasteiger partial charge in [-0.1, -0.05) is 51.9 Å². The lowest BCUT2D eigenvalue weighted by molar-refractivity contribution is 1.63. The van der Waals surface area contributed by atoms with Gasteiger partial charge in [0.05, 0.1) is 0 Å². The van der Waals surface area contributed by atoms with Crippen LogP contribution in [-0.4, -0.2) is 5.75 Å². The highest BCUT2D eigenvalue weighted by Gasteiger charge is 2.06. The van der Waals surface area contributed by atoms with Gasteiger partial charge in [-0.2, -0.15) is 0 Å². The van der Waals surface area contributed by atoms with Gasteiger partial charge in [0.2, 0.25) is 0 Å². The van der Waals surface area contributed by atoms with E-state index < -0.39 is 0 Å². The molecular formula is C11H10S2. The second kappa shape index (κ2) is 3.99. The van der Waals surface area contributed by atoms with Crippen molar-refractivity contribution in [1.29, 1.82) is 0 Å². The van der Waals surface area contributed by atoms with E-state index in [0.717, 1.165) is 5.75 Å². The second-order valence-corrected chi connectivity index (χ2v) is 5.51. The zero-order chi connectivity index (χ0) is 9.10. The molecule has 1 aliphatic heterocycles. The zero-order valence-corrected chi connectivity index (χ0v) is 8.78. The number of hydrogen-bond donors (Lipinski definition) is 0. The number of allylic oxidation sites excluding steroid dienone is 2. The summed E-state index contributed by atoms with van der Waals surface area (Å²) < 4.78 is 0. The molecule has 0 N–H and O–H groups in total. The van der Waals surface area contributed by atoms with E-state index in [4.69, 9.17) is 11.2 Å². The summed E-state index contributed by atoms with van der Waals surface area (Å²) in [6.07, 6.45) is 6.37. The van der Waals surface area contributed by atoms with Gasteiger partial charge in [-0.25, -0.2) is 0 Å². The van der Waals surface area contributed by atoms with E-state index in [1.807, 2.05) is 6.07 Å². The third-order valence-corrected chi connectivity index (χ3v) is 4.24. The van der Waals surface area contributed by atoms with Gasteiger partial charge >= 0.3 is 0 Å². The summed E-state index contributed by atoms with van der Waals surface area (Å²) in [4.78, 5) is 1.30. The van der Waals surface area contributed by atoms with Gasteiger partial charge in [-0.05, 0) is 22.8 Å². The Hall–Kier alpha value is -0.730. The first-order valence-electron chi connectivity index (χ1n) is 4.18. The fourth-order valence-corrected chi connectivity index (χ4v) is 3.08. The van der Waals surface area contributed by atoms with Crippen LogP contribution in [0.15, 0.2) is 48.6 Å². The van der Waals surface area contributed by atoms with Crippen molar-refractivity contribution in [3.8, 4) is 0 Å². The molecule has 1 aromatic rings. The van der Waals surface area contributed by atoms with E-state index in [1.165, 1.54) is 10.5 Å². The van der Waals surface area contributed by atoms with Gasteiger partial charge in [-0.15, -0.1) is 0 Å². The van der Waals surface area contributed by atoms with Crippen LogP contribution in [0.1, 0.15) is 5.56 Å². The fraction of sp³-hybridized carbons (Fsp3) is 0.0909. The molecular weight excluding hydrogens is 196 g/mol. The van der Waals surface area contributed by atoms with Crippen LogP contribution in [0, 0.1) is 0 Å². The van der Waals surface area contributed by atoms with E-state index in [1.54, 1.807) is 0 Å². The number of rotatable bonds is 1. The topological polar surface area (TPSA) is 0 Å². The summed E-state index contributed by atoms with van der Waals surface area (Å²) in [5.41, 5.74) is 1.27. The lowest BCUT2D eigenvalue weighted by atomic mass is 10.2. The molecule has 1 unspecified atom stereocenters. The smallest absolute Gasteiger partial charge is 0.0208 e. The minimum Gasteiger partial charge on any atom is -0.0856 e. The predicted molar refractivity (Wildman–Crippen MR) is 63.2 cm³/mol. The van der Waals surface area contributed by atoms with E-state index >= 15 is 0 Å². The minimum atomic E-state index is -0.0213. The molecule has 66 valence electrons. The Bertz CT molecular complexity index is 374. The summed E-state index contributed by atoms with van der Waals surface area (Å²) in [7, 11) is -0.0213. The first-order valence-corrected chi connectivity index (χ1v) is 6.50. The largest absolute Gasteiger partial charge is 0.0856 e. The van der Waals surface area contributed by atoms with Crippen LogP contribution in [0.2, 0.25) is 0 Å². The van der Waals surface area contributed by atoms with Crippen LogP contribution in [0.25, 0.3) is 4.91 Å². The molecule has 0 amide bonds. The first-order chi connectivity index (χ1) is 6.38. The molecule has 0 radical (unpaired) electrons. The van der Waals surface area contributed by atoms with Crippen molar-refractivity contribution in [2.45, 2.75) is 0 Å². The van der Waals surface area contributed by atoms with Crippen molar-refractivity contribution >= 4 is 25.5 Å². The van der Waals surface area contributed by atoms with Crippen LogP contribution in [0.4, 0.5) is 0 Å². The normalized spacial score (nSPS) is 21.2. The molecule has 2 heteroatoms. The van der Waals surface area contributed by atoms with Gasteiger partial charge in [-0.3, -0.25) is 0 Å². The Morgan fingerprint density at radius 3 is 2.62 bits per heavy atom. The van der Waals surface area contributed by atoms with Crippen molar-refractivity contribution in [3.05, 3.63) is 54.1 Å². The highest BCUT2D eigenvalue weighted by atomic mass is 32.8. The van der Waals surface area contributed by atoms with Crippen LogP contribution in [-0.2, 0) is 20.6 Å². The van der Waals surface area contributed by atoms with E-state index in [2.05, 4.69) is 42.5 Å².